The number of nitriles is 1. The lowest BCUT2D eigenvalue weighted by Gasteiger charge is -2.20. The lowest BCUT2D eigenvalue weighted by molar-refractivity contribution is 0.401. The molecule has 0 atom stereocenters. The molecule has 1 aromatic rings. The molecule has 0 aliphatic rings. The minimum absolute atomic E-state index is 0.518. The number of nitrogens with zero attached hydrogens (tertiary/aromatic N) is 3. The van der Waals surface area contributed by atoms with Crippen LogP contribution in [0.1, 0.15) is 12.0 Å². The summed E-state index contributed by atoms with van der Waals surface area (Å²) in [6.07, 6.45) is 1.10. The molecule has 0 spiro atoms. The lowest BCUT2D eigenvalue weighted by atomic mass is 10.2. The summed E-state index contributed by atoms with van der Waals surface area (Å²) in [6.45, 7) is 2.04. The van der Waals surface area contributed by atoms with Gasteiger partial charge in [-0.2, -0.15) is 5.26 Å². The quantitative estimate of drug-likeness (QED) is 0.806. The largest absolute Gasteiger partial charge is 0.375 e. The highest BCUT2D eigenvalue weighted by Crippen LogP contribution is 2.22. The average Bonchev–Trinajstić information content (AvgIpc) is 2.28. The maximum Gasteiger partial charge on any atom is 0.101 e. The first-order valence-electron chi connectivity index (χ1n) is 5.60. The Bertz CT molecular complexity index is 410. The van der Waals surface area contributed by atoms with Gasteiger partial charge in [0.1, 0.15) is 6.07 Å². The molecule has 3 nitrogen and oxygen atoms in total. The molecule has 0 aliphatic carbocycles. The van der Waals surface area contributed by atoms with Gasteiger partial charge in [-0.05, 0) is 45.3 Å². The molecule has 0 N–H and O–H groups in total. The summed E-state index contributed by atoms with van der Waals surface area (Å²) in [6, 6.07) is 7.60. The zero-order chi connectivity index (χ0) is 12.8. The van der Waals surface area contributed by atoms with Crippen molar-refractivity contribution in [2.75, 3.05) is 39.1 Å². The van der Waals surface area contributed by atoms with Crippen molar-refractivity contribution >= 4 is 17.3 Å². The van der Waals surface area contributed by atoms with Crippen LogP contribution in [0.3, 0.4) is 0 Å². The first-order chi connectivity index (χ1) is 8.04. The van der Waals surface area contributed by atoms with Gasteiger partial charge in [-0.25, -0.2) is 0 Å². The van der Waals surface area contributed by atoms with Crippen LogP contribution in [0.4, 0.5) is 5.69 Å². The lowest BCUT2D eigenvalue weighted by Crippen LogP contribution is -2.23. The molecule has 92 valence electrons. The van der Waals surface area contributed by atoms with Crippen molar-refractivity contribution in [3.8, 4) is 6.07 Å². The summed E-state index contributed by atoms with van der Waals surface area (Å²) in [4.78, 5) is 4.32. The molecule has 0 amide bonds. The van der Waals surface area contributed by atoms with Gasteiger partial charge >= 0.3 is 0 Å². The maximum atomic E-state index is 8.80. The molecule has 0 fully saturated rings. The van der Waals surface area contributed by atoms with Crippen molar-refractivity contribution in [3.05, 3.63) is 28.8 Å². The predicted molar refractivity (Wildman–Crippen MR) is 72.6 cm³/mol. The third kappa shape index (κ3) is 4.26. The Labute approximate surface area is 108 Å². The van der Waals surface area contributed by atoms with Crippen molar-refractivity contribution in [2.24, 2.45) is 0 Å². The summed E-state index contributed by atoms with van der Waals surface area (Å²) in [7, 11) is 6.17. The Morgan fingerprint density at radius 1 is 1.24 bits per heavy atom. The molecule has 0 unspecified atom stereocenters. The molecule has 17 heavy (non-hydrogen) atoms. The van der Waals surface area contributed by atoms with Crippen LogP contribution < -0.4 is 4.90 Å². The van der Waals surface area contributed by atoms with Gasteiger partial charge in [-0.1, -0.05) is 11.6 Å². The fourth-order valence-electron chi connectivity index (χ4n) is 1.59. The second kappa shape index (κ2) is 6.48. The zero-order valence-corrected chi connectivity index (χ0v) is 11.3. The molecule has 1 rings (SSSR count). The van der Waals surface area contributed by atoms with E-state index in [0.29, 0.717) is 10.6 Å². The normalized spacial score (nSPS) is 10.4. The van der Waals surface area contributed by atoms with E-state index >= 15 is 0 Å². The van der Waals surface area contributed by atoms with Crippen LogP contribution in [0.5, 0.6) is 0 Å². The molecule has 0 radical (unpaired) electrons. The van der Waals surface area contributed by atoms with E-state index < -0.39 is 0 Å². The Morgan fingerprint density at radius 3 is 2.47 bits per heavy atom. The standard InChI is InChI=1S/C13H18ClN3/c1-16(2)7-4-8-17(3)12-6-5-11(10-15)13(14)9-12/h5-6,9H,4,7-8H2,1-3H3. The molecule has 0 aliphatic heterocycles. The monoisotopic (exact) mass is 251 g/mol. The number of hydrogen-bond donors (Lipinski definition) is 0. The van der Waals surface area contributed by atoms with Crippen molar-refractivity contribution in [3.63, 3.8) is 0 Å². The first-order valence-corrected chi connectivity index (χ1v) is 5.98. The minimum atomic E-state index is 0.518. The highest BCUT2D eigenvalue weighted by atomic mass is 35.5. The van der Waals surface area contributed by atoms with Gasteiger partial charge in [0.2, 0.25) is 0 Å². The second-order valence-electron chi connectivity index (χ2n) is 4.35. The van der Waals surface area contributed by atoms with Gasteiger partial charge in [-0.3, -0.25) is 0 Å². The summed E-state index contributed by atoms with van der Waals surface area (Å²) in [5, 5.41) is 9.31. The van der Waals surface area contributed by atoms with E-state index in [1.807, 2.05) is 19.2 Å². The molecular formula is C13H18ClN3. The van der Waals surface area contributed by atoms with E-state index in [9.17, 15) is 0 Å². The summed E-state index contributed by atoms with van der Waals surface area (Å²) < 4.78 is 0. The number of hydrogen-bond acceptors (Lipinski definition) is 3. The van der Waals surface area contributed by atoms with Crippen molar-refractivity contribution in [1.29, 1.82) is 5.26 Å². The average molecular weight is 252 g/mol. The van der Waals surface area contributed by atoms with Gasteiger partial charge in [0, 0.05) is 19.3 Å². The van der Waals surface area contributed by atoms with Crippen LogP contribution in [-0.2, 0) is 0 Å². The fraction of sp³-hybridized carbons (Fsp3) is 0.462. The van der Waals surface area contributed by atoms with E-state index in [1.165, 1.54) is 0 Å². The first kappa shape index (κ1) is 13.8. The zero-order valence-electron chi connectivity index (χ0n) is 10.6. The molecule has 4 heteroatoms. The fourth-order valence-corrected chi connectivity index (χ4v) is 1.80. The smallest absolute Gasteiger partial charge is 0.101 e. The molecule has 0 aromatic heterocycles. The van der Waals surface area contributed by atoms with Crippen LogP contribution in [0, 0.1) is 11.3 Å². The molecule has 0 saturated carbocycles. The SMILES string of the molecule is CN(C)CCCN(C)c1ccc(C#N)c(Cl)c1. The molecular weight excluding hydrogens is 234 g/mol. The Balaban J connectivity index is 2.61. The number of halogens is 1. The van der Waals surface area contributed by atoms with Crippen molar-refractivity contribution in [1.82, 2.24) is 4.90 Å². The number of benzene rings is 1. The molecule has 0 saturated heterocycles. The molecule has 1 aromatic carbocycles. The van der Waals surface area contributed by atoms with Crippen LogP contribution in [0.25, 0.3) is 0 Å². The van der Waals surface area contributed by atoms with E-state index in [-0.39, 0.29) is 0 Å². The van der Waals surface area contributed by atoms with E-state index in [4.69, 9.17) is 16.9 Å². The van der Waals surface area contributed by atoms with Crippen LogP contribution >= 0.6 is 11.6 Å². The van der Waals surface area contributed by atoms with Crippen molar-refractivity contribution in [2.45, 2.75) is 6.42 Å². The van der Waals surface area contributed by atoms with Gasteiger partial charge in [0.15, 0.2) is 0 Å². The van der Waals surface area contributed by atoms with E-state index in [2.05, 4.69) is 30.0 Å². The Kier molecular flexibility index (Phi) is 5.27. The number of anilines is 1. The third-order valence-corrected chi connectivity index (χ3v) is 2.93. The minimum Gasteiger partial charge on any atom is -0.375 e. The van der Waals surface area contributed by atoms with Crippen LogP contribution in [0.15, 0.2) is 18.2 Å². The van der Waals surface area contributed by atoms with Gasteiger partial charge in [0.25, 0.3) is 0 Å². The number of rotatable bonds is 5. The van der Waals surface area contributed by atoms with Crippen LogP contribution in [0.2, 0.25) is 5.02 Å². The second-order valence-corrected chi connectivity index (χ2v) is 4.76. The third-order valence-electron chi connectivity index (χ3n) is 2.61. The summed E-state index contributed by atoms with van der Waals surface area (Å²) in [5.74, 6) is 0. The summed E-state index contributed by atoms with van der Waals surface area (Å²) in [5.41, 5.74) is 1.57. The maximum absolute atomic E-state index is 8.80. The Morgan fingerprint density at radius 2 is 1.94 bits per heavy atom. The van der Waals surface area contributed by atoms with E-state index in [0.717, 1.165) is 25.2 Å². The van der Waals surface area contributed by atoms with Gasteiger partial charge in [-0.15, -0.1) is 0 Å². The highest BCUT2D eigenvalue weighted by Gasteiger charge is 2.05. The van der Waals surface area contributed by atoms with Crippen molar-refractivity contribution < 1.29 is 0 Å². The van der Waals surface area contributed by atoms with Gasteiger partial charge in [0.05, 0.1) is 10.6 Å². The van der Waals surface area contributed by atoms with E-state index in [1.54, 1.807) is 6.07 Å². The van der Waals surface area contributed by atoms with Crippen LogP contribution in [-0.4, -0.2) is 39.1 Å². The topological polar surface area (TPSA) is 30.3 Å². The predicted octanol–water partition coefficient (Wildman–Crippen LogP) is 2.60. The Hall–Kier alpha value is -1.24. The summed E-state index contributed by atoms with van der Waals surface area (Å²) >= 11 is 6.00. The molecule has 0 heterocycles. The van der Waals surface area contributed by atoms with Gasteiger partial charge < -0.3 is 9.80 Å². The molecule has 0 bridgehead atoms. The highest BCUT2D eigenvalue weighted by molar-refractivity contribution is 6.32.